The number of thiophene rings is 1. The highest BCUT2D eigenvalue weighted by Gasteiger charge is 2.17. The number of aromatic nitrogens is 2. The van der Waals surface area contributed by atoms with Gasteiger partial charge in [0.25, 0.3) is 5.56 Å². The molecular weight excluding hydrogens is 470 g/mol. The highest BCUT2D eigenvalue weighted by Crippen LogP contribution is 2.31. The smallest absolute Gasteiger partial charge is 0.282 e. The molecule has 0 radical (unpaired) electrons. The number of rotatable bonds is 6. The number of hydrogen-bond donors (Lipinski definition) is 2. The van der Waals surface area contributed by atoms with Crippen molar-refractivity contribution in [1.82, 2.24) is 9.66 Å². The van der Waals surface area contributed by atoms with Crippen molar-refractivity contribution >= 4 is 50.6 Å². The summed E-state index contributed by atoms with van der Waals surface area (Å²) in [4.78, 5) is 32.9. The highest BCUT2D eigenvalue weighted by atomic mass is 32.2. The molecule has 1 aliphatic rings. The van der Waals surface area contributed by atoms with Gasteiger partial charge in [0.1, 0.15) is 4.83 Å². The second kappa shape index (κ2) is 9.88. The molecule has 5 rings (SSSR count). The lowest BCUT2D eigenvalue weighted by atomic mass is 10.1. The molecule has 0 aliphatic carbocycles. The fourth-order valence-electron chi connectivity index (χ4n) is 3.82. The zero-order chi connectivity index (χ0) is 23.5. The second-order valence-electron chi connectivity index (χ2n) is 7.75. The number of nitrogens with one attached hydrogen (secondary N) is 1. The van der Waals surface area contributed by atoms with Gasteiger partial charge in [-0.2, -0.15) is 0 Å². The van der Waals surface area contributed by atoms with Gasteiger partial charge < -0.3 is 20.8 Å². The van der Waals surface area contributed by atoms with Crippen LogP contribution in [0.3, 0.4) is 0 Å². The Morgan fingerprint density at radius 3 is 2.59 bits per heavy atom. The quantitative estimate of drug-likeness (QED) is 0.241. The third-order valence-electron chi connectivity index (χ3n) is 5.55. The number of hydrogen-bond acceptors (Lipinski definition) is 8. The van der Waals surface area contributed by atoms with Gasteiger partial charge in [-0.3, -0.25) is 9.59 Å². The summed E-state index contributed by atoms with van der Waals surface area (Å²) >= 11 is 2.52. The van der Waals surface area contributed by atoms with Crippen LogP contribution in [0, 0.1) is 0 Å². The molecular formula is C24H23N5O3S2. The molecule has 0 atom stereocenters. The second-order valence-corrected chi connectivity index (χ2v) is 9.55. The van der Waals surface area contributed by atoms with Crippen molar-refractivity contribution in [3.05, 3.63) is 70.3 Å². The first kappa shape index (κ1) is 22.5. The number of fused-ring (bicyclic) bond motifs is 1. The van der Waals surface area contributed by atoms with E-state index in [0.717, 1.165) is 59.6 Å². The van der Waals surface area contributed by atoms with Crippen LogP contribution in [0.25, 0.3) is 21.3 Å². The van der Waals surface area contributed by atoms with E-state index in [1.165, 1.54) is 11.3 Å². The van der Waals surface area contributed by atoms with Gasteiger partial charge in [-0.1, -0.05) is 42.1 Å². The predicted octanol–water partition coefficient (Wildman–Crippen LogP) is 3.41. The van der Waals surface area contributed by atoms with Gasteiger partial charge in [-0.25, -0.2) is 9.66 Å². The van der Waals surface area contributed by atoms with Gasteiger partial charge in [0, 0.05) is 35.4 Å². The van der Waals surface area contributed by atoms with Crippen LogP contribution in [0.15, 0.2) is 69.9 Å². The summed E-state index contributed by atoms with van der Waals surface area (Å²) in [5.41, 5.74) is 3.24. The molecule has 1 fully saturated rings. The maximum Gasteiger partial charge on any atom is 0.282 e. The van der Waals surface area contributed by atoms with E-state index < -0.39 is 0 Å². The van der Waals surface area contributed by atoms with Gasteiger partial charge >= 0.3 is 0 Å². The Morgan fingerprint density at radius 2 is 1.85 bits per heavy atom. The molecule has 10 heteroatoms. The Kier molecular flexibility index (Phi) is 6.52. The minimum atomic E-state index is -0.327. The molecule has 3 heterocycles. The highest BCUT2D eigenvalue weighted by molar-refractivity contribution is 7.99. The summed E-state index contributed by atoms with van der Waals surface area (Å²) in [5.74, 6) is 5.94. The standard InChI is InChI=1S/C24H23N5O3S2/c25-29-23(31)21-19(16-4-2-1-3-5-16)14-33-22(21)27-24(29)34-15-20(30)26-17-6-8-18(9-7-17)28-10-12-32-13-11-28/h1-9,14H,10-13,15,25H2,(H,26,30). The van der Waals surface area contributed by atoms with Gasteiger partial charge in [-0.15, -0.1) is 11.3 Å². The van der Waals surface area contributed by atoms with Crippen molar-refractivity contribution < 1.29 is 9.53 Å². The average Bonchev–Trinajstić information content (AvgIpc) is 3.31. The Bertz CT molecular complexity index is 1360. The van der Waals surface area contributed by atoms with Crippen LogP contribution in [0.2, 0.25) is 0 Å². The lowest BCUT2D eigenvalue weighted by Gasteiger charge is -2.28. The van der Waals surface area contributed by atoms with E-state index in [-0.39, 0.29) is 17.2 Å². The molecule has 0 spiro atoms. The van der Waals surface area contributed by atoms with Crippen LogP contribution in [-0.4, -0.2) is 47.6 Å². The molecule has 34 heavy (non-hydrogen) atoms. The molecule has 8 nitrogen and oxygen atoms in total. The first-order chi connectivity index (χ1) is 16.6. The molecule has 4 aromatic rings. The zero-order valence-electron chi connectivity index (χ0n) is 18.3. The van der Waals surface area contributed by atoms with Crippen molar-refractivity contribution in [3.8, 4) is 11.1 Å². The molecule has 174 valence electrons. The Balaban J connectivity index is 1.26. The van der Waals surface area contributed by atoms with Gasteiger partial charge in [0.15, 0.2) is 5.16 Å². The molecule has 3 N–H and O–H groups in total. The number of thioether (sulfide) groups is 1. The number of nitrogens with two attached hydrogens (primary N) is 1. The molecule has 2 aromatic heterocycles. The van der Waals surface area contributed by atoms with Gasteiger partial charge in [0.05, 0.1) is 24.4 Å². The topological polar surface area (TPSA) is 102 Å². The van der Waals surface area contributed by atoms with E-state index in [4.69, 9.17) is 10.6 Å². The number of anilines is 2. The van der Waals surface area contributed by atoms with Crippen LogP contribution in [-0.2, 0) is 9.53 Å². The average molecular weight is 494 g/mol. The van der Waals surface area contributed by atoms with Crippen molar-refractivity contribution in [2.24, 2.45) is 0 Å². The molecule has 1 aliphatic heterocycles. The normalized spacial score (nSPS) is 13.8. The maximum atomic E-state index is 13.0. The molecule has 0 saturated carbocycles. The van der Waals surface area contributed by atoms with Crippen LogP contribution < -0.4 is 21.6 Å². The van der Waals surface area contributed by atoms with Crippen molar-refractivity contribution in [2.45, 2.75) is 5.16 Å². The first-order valence-corrected chi connectivity index (χ1v) is 12.7. The molecule has 2 aromatic carbocycles. The van der Waals surface area contributed by atoms with Crippen LogP contribution >= 0.6 is 23.1 Å². The fraction of sp³-hybridized carbons (Fsp3) is 0.208. The summed E-state index contributed by atoms with van der Waals surface area (Å²) in [6.45, 7) is 3.16. The number of ether oxygens (including phenoxy) is 1. The largest absolute Gasteiger partial charge is 0.378 e. The SMILES string of the molecule is Nn1c(SCC(=O)Nc2ccc(N3CCOCC3)cc2)nc2scc(-c3ccccc3)c2c1=O. The van der Waals surface area contributed by atoms with Crippen LogP contribution in [0.5, 0.6) is 0 Å². The molecule has 0 unspecified atom stereocenters. The van der Waals surface area contributed by atoms with E-state index in [2.05, 4.69) is 15.2 Å². The number of nitrogen functional groups attached to an aromatic ring is 1. The summed E-state index contributed by atoms with van der Waals surface area (Å²) in [6, 6.07) is 17.4. The summed E-state index contributed by atoms with van der Waals surface area (Å²) in [6.07, 6.45) is 0. The van der Waals surface area contributed by atoms with E-state index in [9.17, 15) is 9.59 Å². The third-order valence-corrected chi connectivity index (χ3v) is 7.38. The molecule has 1 saturated heterocycles. The predicted molar refractivity (Wildman–Crippen MR) is 138 cm³/mol. The third kappa shape index (κ3) is 4.65. The Morgan fingerprint density at radius 1 is 1.12 bits per heavy atom. The lowest BCUT2D eigenvalue weighted by Crippen LogP contribution is -2.36. The number of amides is 1. The van der Waals surface area contributed by atoms with Crippen molar-refractivity contribution in [2.75, 3.05) is 48.1 Å². The number of carbonyl (C=O) groups excluding carboxylic acids is 1. The molecule has 0 bridgehead atoms. The fourth-order valence-corrected chi connectivity index (χ4v) is 5.53. The molecule has 1 amide bonds. The van der Waals surface area contributed by atoms with Crippen LogP contribution in [0.1, 0.15) is 0 Å². The number of benzene rings is 2. The monoisotopic (exact) mass is 493 g/mol. The summed E-state index contributed by atoms with van der Waals surface area (Å²) in [7, 11) is 0. The first-order valence-electron chi connectivity index (χ1n) is 10.8. The van der Waals surface area contributed by atoms with E-state index in [1.807, 2.05) is 60.0 Å². The van der Waals surface area contributed by atoms with E-state index >= 15 is 0 Å². The van der Waals surface area contributed by atoms with Crippen molar-refractivity contribution in [3.63, 3.8) is 0 Å². The number of carbonyl (C=O) groups is 1. The number of morpholine rings is 1. The Hall–Kier alpha value is -3.34. The summed E-state index contributed by atoms with van der Waals surface area (Å²) < 4.78 is 6.41. The summed E-state index contributed by atoms with van der Waals surface area (Å²) in [5, 5.41) is 5.59. The maximum absolute atomic E-state index is 13.0. The minimum Gasteiger partial charge on any atom is -0.378 e. The van der Waals surface area contributed by atoms with E-state index in [1.54, 1.807) is 0 Å². The lowest BCUT2D eigenvalue weighted by molar-refractivity contribution is -0.113. The Labute approximate surface area is 204 Å². The zero-order valence-corrected chi connectivity index (χ0v) is 19.9. The number of nitrogens with zero attached hydrogens (tertiary/aromatic N) is 3. The van der Waals surface area contributed by atoms with Crippen molar-refractivity contribution in [1.29, 1.82) is 0 Å². The minimum absolute atomic E-state index is 0.0806. The van der Waals surface area contributed by atoms with E-state index in [0.29, 0.717) is 21.1 Å². The van der Waals surface area contributed by atoms with Crippen LogP contribution in [0.4, 0.5) is 11.4 Å². The van der Waals surface area contributed by atoms with Gasteiger partial charge in [-0.05, 0) is 29.8 Å². The van der Waals surface area contributed by atoms with Gasteiger partial charge in [0.2, 0.25) is 5.91 Å².